The first-order valence-electron chi connectivity index (χ1n) is 4.67. The van der Waals surface area contributed by atoms with Crippen molar-refractivity contribution in [2.75, 3.05) is 26.4 Å². The lowest BCUT2D eigenvalue weighted by Gasteiger charge is -2.33. The number of likely N-dealkylation sites (N-methyl/N-ethyl adjacent to an activating group) is 1. The number of piperidine rings is 1. The van der Waals surface area contributed by atoms with Crippen LogP contribution in [0.1, 0.15) is 19.3 Å². The minimum absolute atomic E-state index is 0.161. The topological polar surface area (TPSA) is 49.4 Å². The van der Waals surface area contributed by atoms with Crippen molar-refractivity contribution in [3.8, 4) is 0 Å². The van der Waals surface area contributed by atoms with Gasteiger partial charge in [0.05, 0.1) is 6.26 Å². The largest absolute Gasteiger partial charge is 0.318 e. The minimum Gasteiger partial charge on any atom is -0.318 e. The second-order valence-corrected chi connectivity index (χ2v) is 5.52. The van der Waals surface area contributed by atoms with Gasteiger partial charge in [-0.15, -0.1) is 0 Å². The first-order chi connectivity index (χ1) is 6.05. The summed E-state index contributed by atoms with van der Waals surface area (Å²) >= 11 is 0. The predicted octanol–water partition coefficient (Wildman–Crippen LogP) is 0.0199. The Morgan fingerprint density at radius 3 is 2.69 bits per heavy atom. The molecule has 1 aliphatic heterocycles. The van der Waals surface area contributed by atoms with Gasteiger partial charge in [-0.2, -0.15) is 4.31 Å². The third kappa shape index (κ3) is 2.93. The third-order valence-corrected chi connectivity index (χ3v) is 3.77. The van der Waals surface area contributed by atoms with Crippen molar-refractivity contribution >= 4 is 10.0 Å². The summed E-state index contributed by atoms with van der Waals surface area (Å²) < 4.78 is 24.4. The van der Waals surface area contributed by atoms with Crippen LogP contribution in [0.15, 0.2) is 0 Å². The molecule has 4 nitrogen and oxygen atoms in total. The zero-order valence-electron chi connectivity index (χ0n) is 8.28. The highest BCUT2D eigenvalue weighted by molar-refractivity contribution is 7.88. The minimum atomic E-state index is -3.00. The summed E-state index contributed by atoms with van der Waals surface area (Å²) in [5, 5.41) is 3.03. The fraction of sp³-hybridized carbons (Fsp3) is 1.00. The summed E-state index contributed by atoms with van der Waals surface area (Å²) in [5.41, 5.74) is 0. The average molecular weight is 206 g/mol. The molecule has 1 rings (SSSR count). The lowest BCUT2D eigenvalue weighted by molar-refractivity contribution is 0.250. The van der Waals surface area contributed by atoms with E-state index >= 15 is 0 Å². The molecule has 1 saturated heterocycles. The Morgan fingerprint density at radius 2 is 2.15 bits per heavy atom. The van der Waals surface area contributed by atoms with Gasteiger partial charge in [-0.05, 0) is 19.9 Å². The van der Waals surface area contributed by atoms with E-state index in [4.69, 9.17) is 0 Å². The van der Waals surface area contributed by atoms with Gasteiger partial charge < -0.3 is 5.32 Å². The molecular weight excluding hydrogens is 188 g/mol. The Hall–Kier alpha value is -0.130. The van der Waals surface area contributed by atoms with Crippen LogP contribution in [0.3, 0.4) is 0 Å². The summed E-state index contributed by atoms with van der Waals surface area (Å²) in [5.74, 6) is 0. The predicted molar refractivity (Wildman–Crippen MR) is 53.1 cm³/mol. The number of nitrogens with zero attached hydrogens (tertiary/aromatic N) is 1. The lowest BCUT2D eigenvalue weighted by atomic mass is 10.1. The maximum absolute atomic E-state index is 11.4. The van der Waals surface area contributed by atoms with Crippen molar-refractivity contribution in [2.24, 2.45) is 0 Å². The van der Waals surface area contributed by atoms with Crippen molar-refractivity contribution in [1.29, 1.82) is 0 Å². The van der Waals surface area contributed by atoms with Crippen LogP contribution < -0.4 is 5.32 Å². The average Bonchev–Trinajstić information content (AvgIpc) is 2.04. The Kier molecular flexibility index (Phi) is 3.70. The highest BCUT2D eigenvalue weighted by Gasteiger charge is 2.28. The first-order valence-corrected chi connectivity index (χ1v) is 6.52. The number of nitrogens with one attached hydrogen (secondary N) is 1. The number of hydrogen-bond donors (Lipinski definition) is 1. The molecule has 0 saturated carbocycles. The van der Waals surface area contributed by atoms with E-state index in [1.807, 2.05) is 7.05 Å². The molecule has 0 spiro atoms. The summed E-state index contributed by atoms with van der Waals surface area (Å²) in [4.78, 5) is 0. The molecule has 13 heavy (non-hydrogen) atoms. The van der Waals surface area contributed by atoms with Gasteiger partial charge in [0.2, 0.25) is 10.0 Å². The second-order valence-electron chi connectivity index (χ2n) is 3.58. The maximum atomic E-state index is 11.4. The molecule has 1 aliphatic rings. The SMILES string of the molecule is CNCC1CCCCN1S(C)(=O)=O. The molecule has 78 valence electrons. The molecule has 0 radical (unpaired) electrons. The number of sulfonamides is 1. The van der Waals surface area contributed by atoms with Crippen LogP contribution in [0.5, 0.6) is 0 Å². The van der Waals surface area contributed by atoms with Crippen LogP contribution in [0.2, 0.25) is 0 Å². The van der Waals surface area contributed by atoms with Gasteiger partial charge in [-0.25, -0.2) is 8.42 Å². The van der Waals surface area contributed by atoms with E-state index in [1.54, 1.807) is 4.31 Å². The maximum Gasteiger partial charge on any atom is 0.211 e. The van der Waals surface area contributed by atoms with Crippen molar-refractivity contribution in [3.05, 3.63) is 0 Å². The molecular formula is C8H18N2O2S. The lowest BCUT2D eigenvalue weighted by Crippen LogP contribution is -2.47. The molecule has 1 unspecified atom stereocenters. The van der Waals surface area contributed by atoms with E-state index in [-0.39, 0.29) is 6.04 Å². The molecule has 0 aromatic carbocycles. The van der Waals surface area contributed by atoms with Crippen LogP contribution in [0.25, 0.3) is 0 Å². The number of rotatable bonds is 3. The molecule has 1 N–H and O–H groups in total. The Balaban J connectivity index is 2.67. The summed E-state index contributed by atoms with van der Waals surface area (Å²) in [6.07, 6.45) is 4.40. The smallest absolute Gasteiger partial charge is 0.211 e. The highest BCUT2D eigenvalue weighted by atomic mass is 32.2. The third-order valence-electron chi connectivity index (χ3n) is 2.44. The highest BCUT2D eigenvalue weighted by Crippen LogP contribution is 2.18. The van der Waals surface area contributed by atoms with Gasteiger partial charge in [0.1, 0.15) is 0 Å². The van der Waals surface area contributed by atoms with Crippen molar-refractivity contribution in [1.82, 2.24) is 9.62 Å². The summed E-state index contributed by atoms with van der Waals surface area (Å²) in [6, 6.07) is 0.161. The first kappa shape index (κ1) is 10.9. The van der Waals surface area contributed by atoms with Crippen LogP contribution in [0.4, 0.5) is 0 Å². The molecule has 1 heterocycles. The molecule has 0 aromatic rings. The van der Waals surface area contributed by atoms with Gasteiger partial charge in [0.15, 0.2) is 0 Å². The Bertz CT molecular complexity index is 249. The molecule has 5 heteroatoms. The van der Waals surface area contributed by atoms with Crippen LogP contribution in [-0.4, -0.2) is 45.2 Å². The van der Waals surface area contributed by atoms with E-state index in [9.17, 15) is 8.42 Å². The van der Waals surface area contributed by atoms with E-state index in [0.29, 0.717) is 6.54 Å². The second kappa shape index (κ2) is 4.39. The number of hydrogen-bond acceptors (Lipinski definition) is 3. The fourth-order valence-electron chi connectivity index (χ4n) is 1.85. The van der Waals surface area contributed by atoms with Gasteiger partial charge in [-0.3, -0.25) is 0 Å². The van der Waals surface area contributed by atoms with Crippen molar-refractivity contribution in [3.63, 3.8) is 0 Å². The van der Waals surface area contributed by atoms with Crippen LogP contribution in [-0.2, 0) is 10.0 Å². The fourth-order valence-corrected chi connectivity index (χ4v) is 3.03. The van der Waals surface area contributed by atoms with Gasteiger partial charge in [0.25, 0.3) is 0 Å². The van der Waals surface area contributed by atoms with E-state index in [0.717, 1.165) is 25.8 Å². The van der Waals surface area contributed by atoms with E-state index in [2.05, 4.69) is 5.32 Å². The van der Waals surface area contributed by atoms with Gasteiger partial charge >= 0.3 is 0 Å². The van der Waals surface area contributed by atoms with Crippen molar-refractivity contribution < 1.29 is 8.42 Å². The van der Waals surface area contributed by atoms with E-state index in [1.165, 1.54) is 6.26 Å². The van der Waals surface area contributed by atoms with E-state index < -0.39 is 10.0 Å². The molecule has 1 fully saturated rings. The quantitative estimate of drug-likeness (QED) is 0.708. The molecule has 0 bridgehead atoms. The van der Waals surface area contributed by atoms with Crippen LogP contribution in [0, 0.1) is 0 Å². The van der Waals surface area contributed by atoms with Gasteiger partial charge in [-0.1, -0.05) is 6.42 Å². The summed E-state index contributed by atoms with van der Waals surface area (Å²) in [6.45, 7) is 1.44. The Morgan fingerprint density at radius 1 is 1.46 bits per heavy atom. The monoisotopic (exact) mass is 206 g/mol. The zero-order chi connectivity index (χ0) is 9.90. The Labute approximate surface area is 80.4 Å². The normalized spacial score (nSPS) is 26.2. The molecule has 1 atom stereocenters. The van der Waals surface area contributed by atoms with Gasteiger partial charge in [0, 0.05) is 19.1 Å². The molecule has 0 amide bonds. The van der Waals surface area contributed by atoms with Crippen LogP contribution >= 0.6 is 0 Å². The molecule has 0 aromatic heterocycles. The van der Waals surface area contributed by atoms with Crippen molar-refractivity contribution in [2.45, 2.75) is 25.3 Å². The standard InChI is InChI=1S/C8H18N2O2S/c1-9-7-8-5-3-4-6-10(8)13(2,11)12/h8-9H,3-7H2,1-2H3. The molecule has 0 aliphatic carbocycles. The summed E-state index contributed by atoms with van der Waals surface area (Å²) in [7, 11) is -1.15. The zero-order valence-corrected chi connectivity index (χ0v) is 9.10.